The molecule has 1 amide bonds. The summed E-state index contributed by atoms with van der Waals surface area (Å²) in [7, 11) is -4.43. The fourth-order valence-corrected chi connectivity index (χ4v) is 6.17. The van der Waals surface area contributed by atoms with Crippen LogP contribution >= 0.6 is 23.2 Å². The van der Waals surface area contributed by atoms with Crippen LogP contribution in [-0.4, -0.2) is 43.3 Å². The Balaban J connectivity index is 1.70. The van der Waals surface area contributed by atoms with Crippen molar-refractivity contribution in [1.29, 1.82) is 0 Å². The Bertz CT molecular complexity index is 1030. The molecule has 10 heteroatoms. The number of carbonyl (C=O) groups excluding carboxylic acids is 1. The topological polar surface area (TPSA) is 89.7 Å². The number of carbonyl (C=O) groups is 1. The number of amides is 1. The number of nitrogens with two attached hydrogens (primary N) is 1. The second kappa shape index (κ2) is 7.82. The van der Waals surface area contributed by atoms with E-state index in [9.17, 15) is 13.2 Å². The molecule has 4 rings (SSSR count). The van der Waals surface area contributed by atoms with Crippen LogP contribution in [0.2, 0.25) is 10.0 Å². The molecule has 1 saturated heterocycles. The van der Waals surface area contributed by atoms with E-state index in [2.05, 4.69) is 0 Å². The molecular weight excluding hydrogens is 454 g/mol. The number of alkyl halides is 1. The predicted octanol–water partition coefficient (Wildman–Crippen LogP) is 3.45. The maximum atomic E-state index is 16.1. The summed E-state index contributed by atoms with van der Waals surface area (Å²) in [5, 5.41) is -2.20. The van der Waals surface area contributed by atoms with Gasteiger partial charge in [0.15, 0.2) is 0 Å². The SMILES string of the molecule is NC(=O)C1C=C(C2CC2)C(COc2cc(Cl)cc(Cl)c2)=CC1(F)S(=O)(=O)N1CCC1. The zero-order valence-corrected chi connectivity index (χ0v) is 18.3. The number of sulfonamides is 1. The average Bonchev–Trinajstić information content (AvgIpc) is 3.41. The quantitative estimate of drug-likeness (QED) is 0.654. The fraction of sp³-hybridized carbons (Fsp3) is 0.450. The highest BCUT2D eigenvalue weighted by molar-refractivity contribution is 7.90. The number of hydrogen-bond donors (Lipinski definition) is 1. The number of nitrogens with zero attached hydrogens (tertiary/aromatic N) is 1. The lowest BCUT2D eigenvalue weighted by molar-refractivity contribution is -0.122. The standard InChI is InChI=1S/C20H21Cl2FN2O4S/c21-14-6-15(22)8-16(7-14)29-11-13-10-20(23,30(27,28)25-4-1-5-25)18(19(24)26)9-17(13)12-2-3-12/h6-10,12,18H,1-5,11H2,(H2,24,26). The van der Waals surface area contributed by atoms with Gasteiger partial charge >= 0.3 is 0 Å². The van der Waals surface area contributed by atoms with E-state index in [-0.39, 0.29) is 25.6 Å². The molecule has 6 nitrogen and oxygen atoms in total. The molecule has 0 radical (unpaired) electrons. The van der Waals surface area contributed by atoms with Crippen molar-refractivity contribution in [3.63, 3.8) is 0 Å². The number of ether oxygens (including phenoxy) is 1. The summed E-state index contributed by atoms with van der Waals surface area (Å²) >= 11 is 12.0. The number of hydrogen-bond acceptors (Lipinski definition) is 4. The molecule has 1 aliphatic heterocycles. The van der Waals surface area contributed by atoms with Gasteiger partial charge in [0.05, 0.1) is 0 Å². The Kier molecular flexibility index (Phi) is 5.63. The summed E-state index contributed by atoms with van der Waals surface area (Å²) in [5.41, 5.74) is 6.52. The highest BCUT2D eigenvalue weighted by Gasteiger charge is 2.57. The third-order valence-electron chi connectivity index (χ3n) is 5.62. The molecule has 0 bridgehead atoms. The summed E-state index contributed by atoms with van der Waals surface area (Å²) in [6.07, 6.45) is 4.78. The first-order valence-corrected chi connectivity index (χ1v) is 11.8. The molecule has 2 fully saturated rings. The first kappa shape index (κ1) is 21.6. The Morgan fingerprint density at radius 3 is 2.37 bits per heavy atom. The lowest BCUT2D eigenvalue weighted by Crippen LogP contribution is -2.56. The smallest absolute Gasteiger partial charge is 0.258 e. The van der Waals surface area contributed by atoms with Gasteiger partial charge < -0.3 is 10.5 Å². The van der Waals surface area contributed by atoms with Gasteiger partial charge in [-0.2, -0.15) is 4.31 Å². The van der Waals surface area contributed by atoms with Gasteiger partial charge in [0, 0.05) is 23.1 Å². The molecule has 0 spiro atoms. The third kappa shape index (κ3) is 3.86. The van der Waals surface area contributed by atoms with Crippen molar-refractivity contribution in [3.05, 3.63) is 51.5 Å². The van der Waals surface area contributed by atoms with E-state index in [1.54, 1.807) is 18.2 Å². The van der Waals surface area contributed by atoms with Gasteiger partial charge in [-0.1, -0.05) is 29.3 Å². The Morgan fingerprint density at radius 1 is 1.23 bits per heavy atom. The Morgan fingerprint density at radius 2 is 1.87 bits per heavy atom. The van der Waals surface area contributed by atoms with Crippen molar-refractivity contribution in [2.24, 2.45) is 17.6 Å². The van der Waals surface area contributed by atoms with Crippen LogP contribution < -0.4 is 10.5 Å². The van der Waals surface area contributed by atoms with Crippen LogP contribution in [0.5, 0.6) is 5.75 Å². The Labute approximate surface area is 184 Å². The van der Waals surface area contributed by atoms with Crippen LogP contribution in [0.1, 0.15) is 19.3 Å². The van der Waals surface area contributed by atoms with Crippen LogP contribution in [0.3, 0.4) is 0 Å². The zero-order chi connectivity index (χ0) is 21.7. The van der Waals surface area contributed by atoms with E-state index in [4.69, 9.17) is 33.7 Å². The highest BCUT2D eigenvalue weighted by atomic mass is 35.5. The van der Waals surface area contributed by atoms with Crippen LogP contribution in [-0.2, 0) is 14.8 Å². The highest BCUT2D eigenvalue weighted by Crippen LogP contribution is 2.48. The van der Waals surface area contributed by atoms with Crippen molar-refractivity contribution in [3.8, 4) is 5.75 Å². The lowest BCUT2D eigenvalue weighted by Gasteiger charge is -2.39. The van der Waals surface area contributed by atoms with E-state index in [1.807, 2.05) is 0 Å². The van der Waals surface area contributed by atoms with Gasteiger partial charge in [0.1, 0.15) is 18.3 Å². The third-order valence-corrected chi connectivity index (χ3v) is 8.26. The molecule has 3 aliphatic rings. The molecule has 0 aromatic heterocycles. The van der Waals surface area contributed by atoms with Crippen molar-refractivity contribution in [2.75, 3.05) is 19.7 Å². The molecule has 2 aliphatic carbocycles. The van der Waals surface area contributed by atoms with E-state index in [0.29, 0.717) is 33.4 Å². The monoisotopic (exact) mass is 474 g/mol. The number of primary amides is 1. The van der Waals surface area contributed by atoms with Gasteiger partial charge in [-0.3, -0.25) is 4.79 Å². The first-order valence-electron chi connectivity index (χ1n) is 9.62. The van der Waals surface area contributed by atoms with Crippen LogP contribution in [0.4, 0.5) is 4.39 Å². The van der Waals surface area contributed by atoms with Crippen molar-refractivity contribution in [2.45, 2.75) is 24.3 Å². The molecule has 1 heterocycles. The van der Waals surface area contributed by atoms with Gasteiger partial charge in [0.2, 0.25) is 5.91 Å². The summed E-state index contributed by atoms with van der Waals surface area (Å²) in [6, 6.07) is 4.67. The van der Waals surface area contributed by atoms with Gasteiger partial charge in [0.25, 0.3) is 15.0 Å². The molecule has 1 aromatic carbocycles. The van der Waals surface area contributed by atoms with E-state index >= 15 is 4.39 Å². The minimum Gasteiger partial charge on any atom is -0.489 e. The molecule has 1 saturated carbocycles. The summed E-state index contributed by atoms with van der Waals surface area (Å²) in [5.74, 6) is -2.11. The normalized spacial score (nSPS) is 27.1. The van der Waals surface area contributed by atoms with Gasteiger partial charge in [-0.05, 0) is 60.6 Å². The molecule has 1 aromatic rings. The fourth-order valence-electron chi connectivity index (χ4n) is 3.74. The largest absolute Gasteiger partial charge is 0.489 e. The van der Waals surface area contributed by atoms with Crippen molar-refractivity contribution >= 4 is 39.1 Å². The second-order valence-corrected chi connectivity index (χ2v) is 10.8. The van der Waals surface area contributed by atoms with E-state index in [0.717, 1.165) is 23.2 Å². The van der Waals surface area contributed by atoms with Crippen LogP contribution in [0.25, 0.3) is 0 Å². The van der Waals surface area contributed by atoms with E-state index in [1.165, 1.54) is 6.08 Å². The number of halogens is 3. The zero-order valence-electron chi connectivity index (χ0n) is 16.0. The van der Waals surface area contributed by atoms with Crippen molar-refractivity contribution < 1.29 is 22.3 Å². The molecule has 162 valence electrons. The average molecular weight is 475 g/mol. The maximum Gasteiger partial charge on any atom is 0.258 e. The summed E-state index contributed by atoms with van der Waals surface area (Å²) in [6.45, 7) is 0.352. The lowest BCUT2D eigenvalue weighted by atomic mass is 9.86. The maximum absolute atomic E-state index is 16.1. The van der Waals surface area contributed by atoms with E-state index < -0.39 is 26.8 Å². The Hall–Kier alpha value is -1.61. The molecule has 2 unspecified atom stereocenters. The second-order valence-electron chi connectivity index (χ2n) is 7.80. The number of benzene rings is 1. The molecule has 30 heavy (non-hydrogen) atoms. The van der Waals surface area contributed by atoms with Crippen molar-refractivity contribution in [1.82, 2.24) is 4.31 Å². The van der Waals surface area contributed by atoms with Gasteiger partial charge in [-0.25, -0.2) is 12.8 Å². The van der Waals surface area contributed by atoms with Crippen LogP contribution in [0, 0.1) is 11.8 Å². The number of rotatable bonds is 7. The molecular formula is C20H21Cl2FN2O4S. The summed E-state index contributed by atoms with van der Waals surface area (Å²) < 4.78 is 48.9. The summed E-state index contributed by atoms with van der Waals surface area (Å²) in [4.78, 5) is 12.1. The first-order chi connectivity index (χ1) is 14.1. The minimum absolute atomic E-state index is 0.0916. The van der Waals surface area contributed by atoms with Gasteiger partial charge in [-0.15, -0.1) is 0 Å². The minimum atomic E-state index is -4.43. The molecule has 2 atom stereocenters. The van der Waals surface area contributed by atoms with Crippen LogP contribution in [0.15, 0.2) is 41.5 Å². The molecule has 2 N–H and O–H groups in total. The predicted molar refractivity (Wildman–Crippen MR) is 112 cm³/mol.